The van der Waals surface area contributed by atoms with Crippen LogP contribution in [0.3, 0.4) is 0 Å². The molecule has 0 aromatic heterocycles. The van der Waals surface area contributed by atoms with Gasteiger partial charge in [-0.2, -0.15) is 13.2 Å². The summed E-state index contributed by atoms with van der Waals surface area (Å²) < 4.78 is 38.5. The lowest BCUT2D eigenvalue weighted by atomic mass is 9.46. The third kappa shape index (κ3) is 3.47. The monoisotopic (exact) mass is 426 g/mol. The molecular weight excluding hydrogens is 389 g/mol. The number of hydrogen-bond acceptors (Lipinski definition) is 2. The summed E-state index contributed by atoms with van der Waals surface area (Å²) in [6.07, 6.45) is 5.15. The Morgan fingerprint density at radius 2 is 1.83 bits per heavy atom. The van der Waals surface area contributed by atoms with E-state index in [0.29, 0.717) is 17.8 Å². The van der Waals surface area contributed by atoms with Crippen LogP contribution in [0.1, 0.15) is 85.5 Å². The Morgan fingerprint density at radius 1 is 1.13 bits per heavy atom. The first kappa shape index (κ1) is 22.4. The molecule has 4 rings (SSSR count). The number of Topliss-reactive ketones (excluding diaryl/α,β-unsaturated/α-hetero) is 1. The molecule has 0 heterocycles. The number of rotatable bonds is 3. The lowest BCUT2D eigenvalue weighted by molar-refractivity contribution is -0.172. The van der Waals surface area contributed by atoms with Crippen LogP contribution in [0.4, 0.5) is 13.2 Å². The highest BCUT2D eigenvalue weighted by Crippen LogP contribution is 2.67. The van der Waals surface area contributed by atoms with Crippen molar-refractivity contribution in [1.82, 2.24) is 0 Å². The van der Waals surface area contributed by atoms with Gasteiger partial charge in [-0.25, -0.2) is 0 Å². The van der Waals surface area contributed by atoms with Gasteiger partial charge < -0.3 is 5.11 Å². The number of halogens is 3. The summed E-state index contributed by atoms with van der Waals surface area (Å²) in [6, 6.07) is 0. The van der Waals surface area contributed by atoms with Crippen molar-refractivity contribution in [2.75, 3.05) is 0 Å². The standard InChI is InChI=1S/C25H37F3O2/c1-15(13-21(29)25(26,27)28)18-7-8-19-17-6-5-16-14-22(2,30)11-12-23(16,3)20(17)9-10-24(18,19)4/h5,15,17-20,30H,6-14H2,1-4H3/t15-,17?,18?,19?,20?,22+,23?,24?/m1/s1. The van der Waals surface area contributed by atoms with Crippen molar-refractivity contribution in [2.45, 2.75) is 97.3 Å². The van der Waals surface area contributed by atoms with E-state index in [2.05, 4.69) is 19.9 Å². The Morgan fingerprint density at radius 3 is 2.50 bits per heavy atom. The van der Waals surface area contributed by atoms with E-state index in [1.54, 1.807) is 0 Å². The van der Waals surface area contributed by atoms with Crippen molar-refractivity contribution in [2.24, 2.45) is 40.4 Å². The van der Waals surface area contributed by atoms with Gasteiger partial charge in [0.1, 0.15) is 0 Å². The molecule has 0 bridgehead atoms. The largest absolute Gasteiger partial charge is 0.449 e. The molecule has 0 saturated heterocycles. The van der Waals surface area contributed by atoms with Crippen LogP contribution in [-0.2, 0) is 4.79 Å². The van der Waals surface area contributed by atoms with Crippen molar-refractivity contribution in [3.8, 4) is 0 Å². The van der Waals surface area contributed by atoms with E-state index >= 15 is 0 Å². The molecule has 0 aliphatic heterocycles. The maximum absolute atomic E-state index is 12.8. The van der Waals surface area contributed by atoms with Crippen molar-refractivity contribution in [3.05, 3.63) is 11.6 Å². The normalized spacial score (nSPS) is 47.0. The van der Waals surface area contributed by atoms with Crippen LogP contribution in [0.2, 0.25) is 0 Å². The molecule has 0 aromatic rings. The number of fused-ring (bicyclic) bond motifs is 5. The fourth-order valence-corrected chi connectivity index (χ4v) is 8.33. The van der Waals surface area contributed by atoms with Gasteiger partial charge in [0.15, 0.2) is 0 Å². The zero-order valence-corrected chi connectivity index (χ0v) is 18.8. The van der Waals surface area contributed by atoms with E-state index in [0.717, 1.165) is 51.4 Å². The van der Waals surface area contributed by atoms with Crippen molar-refractivity contribution < 1.29 is 23.1 Å². The average Bonchev–Trinajstić information content (AvgIpc) is 2.98. The molecule has 0 aromatic carbocycles. The Labute approximate surface area is 178 Å². The number of hydrogen-bond donors (Lipinski definition) is 1. The highest BCUT2D eigenvalue weighted by Gasteiger charge is 2.60. The predicted octanol–water partition coefficient (Wildman–Crippen LogP) is 6.47. The first-order chi connectivity index (χ1) is 13.8. The van der Waals surface area contributed by atoms with Gasteiger partial charge >= 0.3 is 6.18 Å². The Kier molecular flexibility index (Phi) is 5.28. The maximum Gasteiger partial charge on any atom is 0.449 e. The number of carbonyl (C=O) groups is 1. The van der Waals surface area contributed by atoms with Gasteiger partial charge in [0.2, 0.25) is 5.78 Å². The van der Waals surface area contributed by atoms with Crippen LogP contribution in [0.25, 0.3) is 0 Å². The van der Waals surface area contributed by atoms with E-state index in [-0.39, 0.29) is 29.1 Å². The number of alkyl halides is 3. The summed E-state index contributed by atoms with van der Waals surface area (Å²) in [5.41, 5.74) is 1.03. The molecule has 3 saturated carbocycles. The fraction of sp³-hybridized carbons (Fsp3) is 0.880. The highest BCUT2D eigenvalue weighted by molar-refractivity contribution is 5.84. The van der Waals surface area contributed by atoms with Crippen LogP contribution in [-0.4, -0.2) is 22.7 Å². The molecule has 8 atom stereocenters. The summed E-state index contributed by atoms with van der Waals surface area (Å²) in [6.45, 7) is 8.50. The molecule has 0 amide bonds. The molecular formula is C25H37F3O2. The van der Waals surface area contributed by atoms with Gasteiger partial charge in [0, 0.05) is 6.42 Å². The quantitative estimate of drug-likeness (QED) is 0.525. The summed E-state index contributed by atoms with van der Waals surface area (Å²) in [5, 5.41) is 10.6. The van der Waals surface area contributed by atoms with Crippen LogP contribution < -0.4 is 0 Å². The lowest BCUT2D eigenvalue weighted by Crippen LogP contribution is -2.52. The van der Waals surface area contributed by atoms with Crippen molar-refractivity contribution >= 4 is 5.78 Å². The SMILES string of the molecule is C[C@H](CC(=O)C(F)(F)F)C1CCC2C3CC=C4C[C@@](C)(O)CCC4(C)C3CCC21C. The molecule has 5 heteroatoms. The van der Waals surface area contributed by atoms with E-state index < -0.39 is 17.6 Å². The zero-order valence-electron chi connectivity index (χ0n) is 18.8. The van der Waals surface area contributed by atoms with Gasteiger partial charge in [0.05, 0.1) is 5.60 Å². The van der Waals surface area contributed by atoms with Crippen LogP contribution in [0.5, 0.6) is 0 Å². The van der Waals surface area contributed by atoms with Crippen molar-refractivity contribution in [1.29, 1.82) is 0 Å². The molecule has 30 heavy (non-hydrogen) atoms. The van der Waals surface area contributed by atoms with E-state index in [9.17, 15) is 23.1 Å². The maximum atomic E-state index is 12.8. The molecule has 6 unspecified atom stereocenters. The molecule has 3 fully saturated rings. The second kappa shape index (κ2) is 7.08. The second-order valence-corrected chi connectivity index (χ2v) is 11.8. The smallest absolute Gasteiger partial charge is 0.390 e. The Bertz CT molecular complexity index is 739. The lowest BCUT2D eigenvalue weighted by Gasteiger charge is -2.59. The topological polar surface area (TPSA) is 37.3 Å². The van der Waals surface area contributed by atoms with Gasteiger partial charge in [-0.15, -0.1) is 0 Å². The molecule has 4 aliphatic rings. The Hall–Kier alpha value is -0.840. The van der Waals surface area contributed by atoms with E-state index in [1.807, 2.05) is 13.8 Å². The third-order valence-electron chi connectivity index (χ3n) is 9.96. The molecule has 0 spiro atoms. The summed E-state index contributed by atoms with van der Waals surface area (Å²) in [4.78, 5) is 11.6. The Balaban J connectivity index is 1.54. The van der Waals surface area contributed by atoms with Crippen LogP contribution in [0.15, 0.2) is 11.6 Å². The van der Waals surface area contributed by atoms with Gasteiger partial charge in [-0.3, -0.25) is 4.79 Å². The predicted molar refractivity (Wildman–Crippen MR) is 111 cm³/mol. The first-order valence-corrected chi connectivity index (χ1v) is 11.8. The summed E-state index contributed by atoms with van der Waals surface area (Å²) >= 11 is 0. The number of aliphatic hydroxyl groups is 1. The van der Waals surface area contributed by atoms with E-state index in [4.69, 9.17) is 0 Å². The average molecular weight is 427 g/mol. The third-order valence-corrected chi connectivity index (χ3v) is 9.96. The minimum absolute atomic E-state index is 0.0360. The van der Waals surface area contributed by atoms with Gasteiger partial charge in [-0.1, -0.05) is 32.4 Å². The molecule has 2 nitrogen and oxygen atoms in total. The minimum Gasteiger partial charge on any atom is -0.390 e. The minimum atomic E-state index is -4.72. The zero-order chi connectivity index (χ0) is 22.1. The van der Waals surface area contributed by atoms with Crippen LogP contribution >= 0.6 is 0 Å². The molecule has 0 radical (unpaired) electrons. The van der Waals surface area contributed by atoms with Crippen LogP contribution in [0, 0.1) is 40.4 Å². The van der Waals surface area contributed by atoms with Crippen molar-refractivity contribution in [3.63, 3.8) is 0 Å². The number of carbonyl (C=O) groups excluding carboxylic acids is 1. The molecule has 1 N–H and O–H groups in total. The second-order valence-electron chi connectivity index (χ2n) is 11.8. The summed E-state index contributed by atoms with van der Waals surface area (Å²) in [7, 11) is 0. The number of allylic oxidation sites excluding steroid dienone is 1. The van der Waals surface area contributed by atoms with E-state index in [1.165, 1.54) is 5.57 Å². The molecule has 4 aliphatic carbocycles. The van der Waals surface area contributed by atoms with Gasteiger partial charge in [-0.05, 0) is 98.7 Å². The summed E-state index contributed by atoms with van der Waals surface area (Å²) in [5.74, 6) is 0.124. The highest BCUT2D eigenvalue weighted by atomic mass is 19.4. The van der Waals surface area contributed by atoms with Gasteiger partial charge in [0.25, 0.3) is 0 Å². The first-order valence-electron chi connectivity index (χ1n) is 11.8. The fourth-order valence-electron chi connectivity index (χ4n) is 8.33. The number of ketones is 1. The molecule has 170 valence electrons.